The molecule has 3 N–H and O–H groups in total. The summed E-state index contributed by atoms with van der Waals surface area (Å²) in [5, 5.41) is 17.2. The van der Waals surface area contributed by atoms with E-state index in [1.165, 1.54) is 18.2 Å². The van der Waals surface area contributed by atoms with E-state index in [9.17, 15) is 23.1 Å². The molecule has 3 amide bonds. The number of sulfone groups is 1. The van der Waals surface area contributed by atoms with Gasteiger partial charge in [-0.05, 0) is 93.4 Å². The molecule has 0 radical (unpaired) electrons. The minimum absolute atomic E-state index is 0.159. The summed E-state index contributed by atoms with van der Waals surface area (Å²) < 4.78 is 32.6. The molecule has 0 unspecified atom stereocenters. The van der Waals surface area contributed by atoms with Crippen LogP contribution in [0, 0.1) is 7.14 Å². The maximum Gasteiger partial charge on any atom is 0.318 e. The quantitative estimate of drug-likeness (QED) is 0.242. The maximum absolute atomic E-state index is 13.8. The Balaban J connectivity index is 1.58. The van der Waals surface area contributed by atoms with E-state index in [0.717, 1.165) is 16.5 Å². The molecule has 0 aliphatic carbocycles. The number of rotatable bonds is 11. The first-order chi connectivity index (χ1) is 20.6. The van der Waals surface area contributed by atoms with E-state index >= 15 is 0 Å². The number of phenolic OH excluding ortho intramolecular Hbond substituents is 1. The highest BCUT2D eigenvalue weighted by Gasteiger charge is 2.27. The molecule has 9 nitrogen and oxygen atoms in total. The number of nitrogens with one attached hydrogen (secondary N) is 2. The summed E-state index contributed by atoms with van der Waals surface area (Å²) in [5.74, 6) is -0.284. The van der Waals surface area contributed by atoms with E-state index in [1.54, 1.807) is 35.2 Å². The maximum atomic E-state index is 13.8. The normalized spacial score (nSPS) is 15.2. The van der Waals surface area contributed by atoms with E-state index in [1.807, 2.05) is 75.5 Å². The molecule has 1 heterocycles. The number of halogens is 2. The molecule has 1 fully saturated rings. The van der Waals surface area contributed by atoms with Crippen LogP contribution in [0.15, 0.2) is 89.2 Å². The summed E-state index contributed by atoms with van der Waals surface area (Å²) in [5.41, 5.74) is 1.81. The zero-order chi connectivity index (χ0) is 30.8. The van der Waals surface area contributed by atoms with Crippen LogP contribution >= 0.6 is 45.2 Å². The molecule has 0 aromatic heterocycles. The van der Waals surface area contributed by atoms with Crippen LogP contribution in [0.4, 0.5) is 4.79 Å². The van der Waals surface area contributed by atoms with Crippen LogP contribution in [0.2, 0.25) is 0 Å². The second-order valence-electron chi connectivity index (χ2n) is 10.0. The number of amides is 3. The lowest BCUT2D eigenvalue weighted by molar-refractivity contribution is -0.123. The van der Waals surface area contributed by atoms with Gasteiger partial charge in [-0.1, -0.05) is 54.6 Å². The number of morpholine rings is 1. The third-order valence-corrected chi connectivity index (χ3v) is 9.99. The van der Waals surface area contributed by atoms with Gasteiger partial charge < -0.3 is 25.4 Å². The Morgan fingerprint density at radius 2 is 1.53 bits per heavy atom. The number of nitrogens with zero attached hydrogens (tertiary/aromatic N) is 1. The number of aromatic hydroxyl groups is 1. The second-order valence-corrected chi connectivity index (χ2v) is 14.2. The van der Waals surface area contributed by atoms with E-state index < -0.39 is 27.8 Å². The summed E-state index contributed by atoms with van der Waals surface area (Å²) in [6.07, 6.45) is 2.71. The van der Waals surface area contributed by atoms with Gasteiger partial charge in [-0.25, -0.2) is 13.2 Å². The predicted octanol–water partition coefficient (Wildman–Crippen LogP) is 4.66. The second kappa shape index (κ2) is 15.9. The molecule has 228 valence electrons. The molecule has 3 aromatic carbocycles. The highest BCUT2D eigenvalue weighted by atomic mass is 127. The first-order valence-electron chi connectivity index (χ1n) is 13.7. The SMILES string of the molecule is O=C(N[C@H](C=CS(=O)(=O)c1ccccc1)CCc1ccccc1)[C@H](Cc1cc(I)c(O)c(I)c1)NC(=O)N1CCOCC1. The molecule has 2 atom stereocenters. The van der Waals surface area contributed by atoms with Crippen molar-refractivity contribution in [1.29, 1.82) is 0 Å². The molecule has 0 bridgehead atoms. The summed E-state index contributed by atoms with van der Waals surface area (Å²) in [6, 6.07) is 19.4. The number of phenols is 1. The Labute approximate surface area is 279 Å². The predicted molar refractivity (Wildman–Crippen MR) is 181 cm³/mol. The van der Waals surface area contributed by atoms with Crippen LogP contribution in [0.1, 0.15) is 17.5 Å². The minimum atomic E-state index is -3.74. The van der Waals surface area contributed by atoms with E-state index in [0.29, 0.717) is 46.3 Å². The van der Waals surface area contributed by atoms with E-state index in [2.05, 4.69) is 10.6 Å². The van der Waals surface area contributed by atoms with Gasteiger partial charge in [-0.15, -0.1) is 0 Å². The average Bonchev–Trinajstić information content (AvgIpc) is 3.02. The van der Waals surface area contributed by atoms with Crippen LogP contribution in [-0.4, -0.2) is 68.7 Å². The Morgan fingerprint density at radius 3 is 2.16 bits per heavy atom. The van der Waals surface area contributed by atoms with Gasteiger partial charge >= 0.3 is 6.03 Å². The van der Waals surface area contributed by atoms with Gasteiger partial charge in [0, 0.05) is 31.0 Å². The molecular weight excluding hydrogens is 796 g/mol. The number of aryl methyl sites for hydroxylation is 1. The number of carbonyl (C=O) groups excluding carboxylic acids is 2. The summed E-state index contributed by atoms with van der Waals surface area (Å²) in [4.78, 5) is 28.7. The van der Waals surface area contributed by atoms with Gasteiger partial charge in [0.25, 0.3) is 0 Å². The summed E-state index contributed by atoms with van der Waals surface area (Å²) in [6.45, 7) is 1.66. The zero-order valence-electron chi connectivity index (χ0n) is 23.3. The Morgan fingerprint density at radius 1 is 0.930 bits per heavy atom. The van der Waals surface area contributed by atoms with Gasteiger partial charge in [-0.3, -0.25) is 4.79 Å². The lowest BCUT2D eigenvalue weighted by Crippen LogP contribution is -2.55. The van der Waals surface area contributed by atoms with E-state index in [4.69, 9.17) is 4.74 Å². The number of ether oxygens (including phenoxy) is 1. The van der Waals surface area contributed by atoms with E-state index in [-0.39, 0.29) is 23.1 Å². The minimum Gasteiger partial charge on any atom is -0.506 e. The molecule has 12 heteroatoms. The van der Waals surface area contributed by atoms with Crippen LogP contribution in [0.5, 0.6) is 5.75 Å². The lowest BCUT2D eigenvalue weighted by Gasteiger charge is -2.29. The Bertz CT molecular complexity index is 1510. The van der Waals surface area contributed by atoms with Gasteiger partial charge in [0.05, 0.1) is 25.2 Å². The van der Waals surface area contributed by atoms with Crippen LogP contribution in [0.3, 0.4) is 0 Å². The van der Waals surface area contributed by atoms with Gasteiger partial charge in [0.1, 0.15) is 11.8 Å². The standard InChI is InChI=1S/C31H33I2N3O6S/c32-26-19-23(20-27(33)29(26)37)21-28(35-31(39)36-14-16-42-17-15-36)30(38)34-24(12-11-22-7-3-1-4-8-22)13-18-43(40,41)25-9-5-2-6-10-25/h1-10,13,18-20,24,28,37H,11-12,14-17,21H2,(H,34,38)(H,35,39)/t24-,28-/m0/s1. The molecule has 0 saturated carbocycles. The highest BCUT2D eigenvalue weighted by molar-refractivity contribution is 14.1. The molecule has 1 saturated heterocycles. The molecule has 4 rings (SSSR count). The van der Waals surface area contributed by atoms with Crippen molar-refractivity contribution >= 4 is 67.0 Å². The van der Waals surface area contributed by atoms with Crippen molar-refractivity contribution in [1.82, 2.24) is 15.5 Å². The number of urea groups is 1. The fourth-order valence-electron chi connectivity index (χ4n) is 4.54. The summed E-state index contributed by atoms with van der Waals surface area (Å²) in [7, 11) is -3.74. The van der Waals surface area contributed by atoms with Crippen LogP contribution in [0.25, 0.3) is 0 Å². The molecule has 0 spiro atoms. The van der Waals surface area contributed by atoms with Crippen LogP contribution < -0.4 is 10.6 Å². The third-order valence-electron chi connectivity index (χ3n) is 6.91. The Kier molecular flexibility index (Phi) is 12.2. The number of hydrogen-bond acceptors (Lipinski definition) is 6. The third kappa shape index (κ3) is 9.91. The van der Waals surface area contributed by atoms with Crippen molar-refractivity contribution in [3.63, 3.8) is 0 Å². The van der Waals surface area contributed by atoms with Crippen molar-refractivity contribution in [3.05, 3.63) is 103 Å². The van der Waals surface area contributed by atoms with Crippen molar-refractivity contribution in [2.24, 2.45) is 0 Å². The molecule has 43 heavy (non-hydrogen) atoms. The smallest absolute Gasteiger partial charge is 0.318 e. The fourth-order valence-corrected chi connectivity index (χ4v) is 7.53. The van der Waals surface area contributed by atoms with Crippen molar-refractivity contribution in [2.75, 3.05) is 26.3 Å². The lowest BCUT2D eigenvalue weighted by atomic mass is 10.0. The van der Waals surface area contributed by atoms with Crippen molar-refractivity contribution in [2.45, 2.75) is 36.2 Å². The Hall–Kier alpha value is -2.69. The van der Waals surface area contributed by atoms with Gasteiger partial charge in [-0.2, -0.15) is 0 Å². The molecule has 1 aliphatic rings. The number of hydrogen-bond donors (Lipinski definition) is 3. The molecular formula is C31H33I2N3O6S. The zero-order valence-corrected chi connectivity index (χ0v) is 28.4. The first-order valence-corrected chi connectivity index (χ1v) is 17.5. The van der Waals surface area contributed by atoms with Gasteiger partial charge in [0.15, 0.2) is 9.84 Å². The van der Waals surface area contributed by atoms with Crippen molar-refractivity contribution < 1.29 is 27.9 Å². The summed E-state index contributed by atoms with van der Waals surface area (Å²) >= 11 is 4.06. The van der Waals surface area contributed by atoms with Gasteiger partial charge in [0.2, 0.25) is 5.91 Å². The highest BCUT2D eigenvalue weighted by Crippen LogP contribution is 2.28. The monoisotopic (exact) mass is 829 g/mol. The molecule has 3 aromatic rings. The first kappa shape index (κ1) is 33.2. The number of benzene rings is 3. The van der Waals surface area contributed by atoms with Crippen LogP contribution in [-0.2, 0) is 32.2 Å². The fraction of sp³-hybridized carbons (Fsp3) is 0.290. The largest absolute Gasteiger partial charge is 0.506 e. The molecule has 1 aliphatic heterocycles. The average molecular weight is 829 g/mol. The topological polar surface area (TPSA) is 125 Å². The van der Waals surface area contributed by atoms with Crippen molar-refractivity contribution in [3.8, 4) is 5.75 Å². The number of carbonyl (C=O) groups is 2.